The fraction of sp³-hybridized carbons (Fsp3) is 0.321. The molecule has 194 valence electrons. The third-order valence-corrected chi connectivity index (χ3v) is 7.59. The van der Waals surface area contributed by atoms with Crippen LogP contribution < -0.4 is 0 Å². The maximum Gasteiger partial charge on any atom is 0.333 e. The average molecular weight is 514 g/mol. The highest BCUT2D eigenvalue weighted by atomic mass is 16.3. The normalized spacial score (nSPS) is 20.4. The monoisotopic (exact) mass is 513 g/mol. The van der Waals surface area contributed by atoms with Gasteiger partial charge in [-0.1, -0.05) is 42.5 Å². The molecule has 38 heavy (non-hydrogen) atoms. The lowest BCUT2D eigenvalue weighted by atomic mass is 10.0. The Morgan fingerprint density at radius 1 is 0.974 bits per heavy atom. The Balaban J connectivity index is 1.29. The van der Waals surface area contributed by atoms with Gasteiger partial charge in [-0.05, 0) is 27.9 Å². The first kappa shape index (κ1) is 24.1. The van der Waals surface area contributed by atoms with E-state index in [1.807, 2.05) is 22.8 Å². The third-order valence-electron chi connectivity index (χ3n) is 7.59. The maximum absolute atomic E-state index is 13.4. The molecule has 0 radical (unpaired) electrons. The number of piperazine rings is 1. The highest BCUT2D eigenvalue weighted by Gasteiger charge is 2.53. The molecule has 0 bridgehead atoms. The van der Waals surface area contributed by atoms with E-state index in [-0.39, 0.29) is 17.8 Å². The average Bonchev–Trinajstić information content (AvgIpc) is 3.60. The number of benzene rings is 2. The van der Waals surface area contributed by atoms with Crippen LogP contribution in [0.15, 0.2) is 70.3 Å². The number of nitrogens with zero attached hydrogens (tertiary/aromatic N) is 6. The van der Waals surface area contributed by atoms with Gasteiger partial charge in [0, 0.05) is 45.8 Å². The Hall–Kier alpha value is -4.31. The van der Waals surface area contributed by atoms with Gasteiger partial charge in [0.15, 0.2) is 5.76 Å². The second-order valence-electron chi connectivity index (χ2n) is 9.84. The van der Waals surface area contributed by atoms with Crippen molar-refractivity contribution in [1.82, 2.24) is 19.6 Å². The molecule has 3 aromatic rings. The lowest BCUT2D eigenvalue weighted by Gasteiger charge is -2.33. The number of imide groups is 1. The summed E-state index contributed by atoms with van der Waals surface area (Å²) in [6, 6.07) is 16.7. The van der Waals surface area contributed by atoms with Crippen molar-refractivity contribution in [3.05, 3.63) is 72.2 Å². The third kappa shape index (κ3) is 4.06. The highest BCUT2D eigenvalue weighted by Crippen LogP contribution is 2.25. The standard InChI is InChI=1S/C28H29N6O4/c1-30-25-24(27(36)31(2)28(30)37)34(17-20-9-5-8-19-7-3-4-10-21(19)20)23(29-25)18-32-12-14-33(15-13-32)26(35)22-11-6-16-38-22/h3-11,16,24H,12-15,17-18H2,1-2H3/q+1. The number of amides is 4. The number of urea groups is 1. The molecule has 0 saturated carbocycles. The molecule has 10 heteroatoms. The van der Waals surface area contributed by atoms with Gasteiger partial charge in [0.1, 0.15) is 13.1 Å². The van der Waals surface area contributed by atoms with Crippen molar-refractivity contribution in [3.63, 3.8) is 0 Å². The predicted molar refractivity (Wildman–Crippen MR) is 141 cm³/mol. The van der Waals surface area contributed by atoms with Gasteiger partial charge in [-0.25, -0.2) is 9.37 Å². The molecular weight excluding hydrogens is 484 g/mol. The smallest absolute Gasteiger partial charge is 0.333 e. The number of amidine groups is 2. The van der Waals surface area contributed by atoms with Gasteiger partial charge in [0.2, 0.25) is 0 Å². The van der Waals surface area contributed by atoms with Gasteiger partial charge in [-0.2, -0.15) is 0 Å². The lowest BCUT2D eigenvalue weighted by Crippen LogP contribution is -2.61. The molecular formula is C28H29N6O4+. The van der Waals surface area contributed by atoms with E-state index in [9.17, 15) is 14.4 Å². The van der Waals surface area contributed by atoms with Gasteiger partial charge in [0.25, 0.3) is 23.7 Å². The molecule has 0 spiro atoms. The number of likely N-dealkylation sites (N-methyl/N-ethyl adjacent to an activating group) is 2. The lowest BCUT2D eigenvalue weighted by molar-refractivity contribution is -0.551. The number of hydrogen-bond donors (Lipinski definition) is 0. The van der Waals surface area contributed by atoms with E-state index in [0.29, 0.717) is 50.9 Å². The maximum atomic E-state index is 13.4. The molecule has 10 nitrogen and oxygen atoms in total. The van der Waals surface area contributed by atoms with Crippen molar-refractivity contribution >= 4 is 40.3 Å². The number of carbonyl (C=O) groups excluding carboxylic acids is 3. The summed E-state index contributed by atoms with van der Waals surface area (Å²) in [5.41, 5.74) is 1.08. The summed E-state index contributed by atoms with van der Waals surface area (Å²) in [7, 11) is 3.18. The minimum Gasteiger partial charge on any atom is -0.459 e. The van der Waals surface area contributed by atoms with E-state index >= 15 is 0 Å². The van der Waals surface area contributed by atoms with Crippen molar-refractivity contribution in [3.8, 4) is 0 Å². The zero-order chi connectivity index (χ0) is 26.4. The van der Waals surface area contributed by atoms with Crippen LogP contribution in [-0.4, -0.2) is 107 Å². The zero-order valence-electron chi connectivity index (χ0n) is 21.4. The molecule has 6 rings (SSSR count). The van der Waals surface area contributed by atoms with E-state index in [1.54, 1.807) is 24.1 Å². The molecule has 2 aromatic carbocycles. The summed E-state index contributed by atoms with van der Waals surface area (Å²) < 4.78 is 7.30. The number of rotatable bonds is 5. The summed E-state index contributed by atoms with van der Waals surface area (Å²) in [6.45, 7) is 3.44. The quantitative estimate of drug-likeness (QED) is 0.488. The number of carbonyl (C=O) groups is 3. The van der Waals surface area contributed by atoms with Gasteiger partial charge in [-0.3, -0.25) is 24.3 Å². The van der Waals surface area contributed by atoms with Crippen LogP contribution in [0, 0.1) is 0 Å². The second-order valence-corrected chi connectivity index (χ2v) is 9.84. The van der Waals surface area contributed by atoms with Crippen LogP contribution in [0.1, 0.15) is 16.1 Å². The van der Waals surface area contributed by atoms with Crippen LogP contribution in [-0.2, 0) is 11.3 Å². The largest absolute Gasteiger partial charge is 0.459 e. The van der Waals surface area contributed by atoms with Gasteiger partial charge in [-0.15, -0.1) is 0 Å². The molecule has 0 aliphatic carbocycles. The molecule has 3 aliphatic rings. The number of furan rings is 1. The van der Waals surface area contributed by atoms with E-state index in [0.717, 1.165) is 22.2 Å². The Morgan fingerprint density at radius 3 is 2.50 bits per heavy atom. The Kier molecular flexibility index (Phi) is 6.03. The van der Waals surface area contributed by atoms with E-state index in [4.69, 9.17) is 9.41 Å². The van der Waals surface area contributed by atoms with Gasteiger partial charge in [0.05, 0.1) is 6.26 Å². The molecule has 1 atom stereocenters. The Bertz CT molecular complexity index is 1480. The minimum atomic E-state index is -0.668. The molecule has 3 aliphatic heterocycles. The second kappa shape index (κ2) is 9.53. The summed E-state index contributed by atoms with van der Waals surface area (Å²) in [5, 5.41) is 2.25. The highest BCUT2D eigenvalue weighted by molar-refractivity contribution is 6.23. The summed E-state index contributed by atoms with van der Waals surface area (Å²) in [4.78, 5) is 50.2. The summed E-state index contributed by atoms with van der Waals surface area (Å²) in [5.74, 6) is 1.15. The van der Waals surface area contributed by atoms with Crippen molar-refractivity contribution in [2.24, 2.45) is 4.99 Å². The molecule has 4 heterocycles. The van der Waals surface area contributed by atoms with Crippen molar-refractivity contribution in [2.75, 3.05) is 46.8 Å². The van der Waals surface area contributed by atoms with Crippen LogP contribution in [0.3, 0.4) is 0 Å². The zero-order valence-corrected chi connectivity index (χ0v) is 21.4. The topological polar surface area (TPSA) is 92.7 Å². The SMILES string of the molecule is CN1C(=O)C2C(=NC(CN3CCN(C(=O)c4ccco4)CC3)=[N+]2Cc2cccc3ccccc23)N(C)C1=O. The summed E-state index contributed by atoms with van der Waals surface area (Å²) in [6.07, 6.45) is 1.50. The number of aliphatic imine (C=N–C) groups is 1. The van der Waals surface area contributed by atoms with Crippen LogP contribution in [0.2, 0.25) is 0 Å². The van der Waals surface area contributed by atoms with Gasteiger partial charge >= 0.3 is 11.9 Å². The number of hydrogen-bond acceptors (Lipinski definition) is 6. The van der Waals surface area contributed by atoms with Crippen LogP contribution in [0.25, 0.3) is 10.8 Å². The summed E-state index contributed by atoms with van der Waals surface area (Å²) >= 11 is 0. The molecule has 0 N–H and O–H groups in total. The first-order valence-electron chi connectivity index (χ1n) is 12.7. The van der Waals surface area contributed by atoms with Crippen LogP contribution in [0.4, 0.5) is 4.79 Å². The molecule has 4 amide bonds. The fourth-order valence-electron chi connectivity index (χ4n) is 5.44. The van der Waals surface area contributed by atoms with Crippen molar-refractivity contribution < 1.29 is 23.4 Å². The molecule has 2 fully saturated rings. The molecule has 1 aromatic heterocycles. The Morgan fingerprint density at radius 2 is 1.74 bits per heavy atom. The predicted octanol–water partition coefficient (Wildman–Crippen LogP) is 2.11. The first-order valence-corrected chi connectivity index (χ1v) is 12.7. The van der Waals surface area contributed by atoms with E-state index in [2.05, 4.69) is 29.2 Å². The van der Waals surface area contributed by atoms with Crippen LogP contribution in [0.5, 0.6) is 0 Å². The Labute approximate surface area is 220 Å². The van der Waals surface area contributed by atoms with E-state index in [1.165, 1.54) is 23.1 Å². The minimum absolute atomic E-state index is 0.110. The van der Waals surface area contributed by atoms with Gasteiger partial charge < -0.3 is 9.32 Å². The van der Waals surface area contributed by atoms with Crippen molar-refractivity contribution in [2.45, 2.75) is 12.6 Å². The van der Waals surface area contributed by atoms with Crippen molar-refractivity contribution in [1.29, 1.82) is 0 Å². The van der Waals surface area contributed by atoms with E-state index < -0.39 is 6.04 Å². The molecule has 2 saturated heterocycles. The first-order chi connectivity index (χ1) is 18.4. The fourth-order valence-corrected chi connectivity index (χ4v) is 5.44. The van der Waals surface area contributed by atoms with Crippen LogP contribution >= 0.6 is 0 Å². The number of fused-ring (bicyclic) bond motifs is 2. The molecule has 1 unspecified atom stereocenters.